The van der Waals surface area contributed by atoms with Crippen LogP contribution in [0.1, 0.15) is 37.3 Å². The Morgan fingerprint density at radius 2 is 2.00 bits per heavy atom. The number of likely N-dealkylation sites (tertiary alicyclic amines) is 1. The number of rotatable bonds is 5. The minimum absolute atomic E-state index is 0. The van der Waals surface area contributed by atoms with Crippen LogP contribution in [0.15, 0.2) is 31.0 Å². The monoisotopic (exact) mass is 428 g/mol. The first-order valence-corrected chi connectivity index (χ1v) is 9.75. The highest BCUT2D eigenvalue weighted by Crippen LogP contribution is 2.22. The summed E-state index contributed by atoms with van der Waals surface area (Å²) < 4.78 is 3.94. The van der Waals surface area contributed by atoms with Gasteiger partial charge in [0.2, 0.25) is 5.91 Å². The summed E-state index contributed by atoms with van der Waals surface area (Å²) >= 11 is 0. The quantitative estimate of drug-likeness (QED) is 0.793. The molecule has 4 rings (SSSR count). The zero-order chi connectivity index (χ0) is 17.8. The molecule has 2 aliphatic rings. The van der Waals surface area contributed by atoms with Crippen molar-refractivity contribution < 1.29 is 4.79 Å². The molecule has 2 aromatic rings. The number of halogens is 2. The number of hydrogen-bond acceptors (Lipinski definition) is 4. The van der Waals surface area contributed by atoms with E-state index in [2.05, 4.69) is 26.0 Å². The van der Waals surface area contributed by atoms with Crippen LogP contribution in [-0.4, -0.2) is 56.3 Å². The Balaban J connectivity index is 0.00000140. The van der Waals surface area contributed by atoms with E-state index in [0.717, 1.165) is 51.3 Å². The maximum atomic E-state index is 12.6. The summed E-state index contributed by atoms with van der Waals surface area (Å²) in [7, 11) is 0. The minimum atomic E-state index is 0. The molecule has 0 aromatic carbocycles. The number of carbonyl (C=O) groups is 1. The summed E-state index contributed by atoms with van der Waals surface area (Å²) in [6, 6.07) is 2.07. The molecule has 1 unspecified atom stereocenters. The van der Waals surface area contributed by atoms with Gasteiger partial charge in [-0.3, -0.25) is 9.48 Å². The number of carbonyl (C=O) groups excluding carboxylic acids is 1. The third kappa shape index (κ3) is 5.72. The second kappa shape index (κ2) is 10.8. The molecule has 7 nitrogen and oxygen atoms in total. The van der Waals surface area contributed by atoms with E-state index in [0.29, 0.717) is 18.4 Å². The van der Waals surface area contributed by atoms with Gasteiger partial charge in [0, 0.05) is 50.7 Å². The Hall–Kier alpha value is -1.57. The number of hydrogen-bond donors (Lipinski definition) is 1. The van der Waals surface area contributed by atoms with E-state index in [1.54, 1.807) is 0 Å². The standard InChI is InChI=1S/C19H28N6O.2ClH/c26-19(14-25-10-5-18(22-25)17-2-1-6-20-12-17)24-8-3-16(4-9-24)13-23-11-7-21-15-23;;/h5,7,10-11,15-17,20H,1-4,6,8-9,12-14H2;2*1H. The van der Waals surface area contributed by atoms with Crippen LogP contribution in [0.5, 0.6) is 0 Å². The van der Waals surface area contributed by atoms with Crippen LogP contribution in [0, 0.1) is 5.92 Å². The van der Waals surface area contributed by atoms with E-state index in [1.807, 2.05) is 34.5 Å². The van der Waals surface area contributed by atoms with Crippen LogP contribution >= 0.6 is 24.8 Å². The lowest BCUT2D eigenvalue weighted by atomic mass is 9.96. The molecule has 2 fully saturated rings. The van der Waals surface area contributed by atoms with Gasteiger partial charge in [0.25, 0.3) is 0 Å². The van der Waals surface area contributed by atoms with E-state index < -0.39 is 0 Å². The molecule has 0 aliphatic carbocycles. The summed E-state index contributed by atoms with van der Waals surface area (Å²) in [5.41, 5.74) is 1.11. The van der Waals surface area contributed by atoms with Crippen molar-refractivity contribution in [3.63, 3.8) is 0 Å². The lowest BCUT2D eigenvalue weighted by Crippen LogP contribution is -2.41. The SMILES string of the molecule is Cl.Cl.O=C(Cn1ccc(C2CCCNC2)n1)N1CCC(Cn2ccnc2)CC1. The van der Waals surface area contributed by atoms with Gasteiger partial charge < -0.3 is 14.8 Å². The molecule has 0 bridgehead atoms. The summed E-state index contributed by atoms with van der Waals surface area (Å²) in [5, 5.41) is 8.08. The van der Waals surface area contributed by atoms with Crippen molar-refractivity contribution in [2.75, 3.05) is 26.2 Å². The molecule has 1 N–H and O–H groups in total. The Kier molecular flexibility index (Phi) is 8.79. The van der Waals surface area contributed by atoms with Crippen LogP contribution < -0.4 is 5.32 Å². The molecule has 9 heteroatoms. The average Bonchev–Trinajstić information content (AvgIpc) is 3.35. The van der Waals surface area contributed by atoms with E-state index in [-0.39, 0.29) is 30.7 Å². The van der Waals surface area contributed by atoms with Gasteiger partial charge in [0.15, 0.2) is 0 Å². The van der Waals surface area contributed by atoms with Gasteiger partial charge >= 0.3 is 0 Å². The van der Waals surface area contributed by atoms with Crippen molar-refractivity contribution in [1.29, 1.82) is 0 Å². The predicted molar refractivity (Wildman–Crippen MR) is 113 cm³/mol. The first-order chi connectivity index (χ1) is 12.8. The van der Waals surface area contributed by atoms with Crippen LogP contribution in [0.25, 0.3) is 0 Å². The van der Waals surface area contributed by atoms with Crippen molar-refractivity contribution in [2.45, 2.75) is 44.7 Å². The maximum absolute atomic E-state index is 12.6. The number of amides is 1. The van der Waals surface area contributed by atoms with Gasteiger partial charge in [-0.25, -0.2) is 4.98 Å². The third-order valence-corrected chi connectivity index (χ3v) is 5.67. The topological polar surface area (TPSA) is 68.0 Å². The molecule has 156 valence electrons. The number of nitrogens with zero attached hydrogens (tertiary/aromatic N) is 5. The van der Waals surface area contributed by atoms with Crippen molar-refractivity contribution in [1.82, 2.24) is 29.5 Å². The second-order valence-electron chi connectivity index (χ2n) is 7.57. The Bertz CT molecular complexity index is 706. The highest BCUT2D eigenvalue weighted by atomic mass is 35.5. The lowest BCUT2D eigenvalue weighted by molar-refractivity contribution is -0.133. The molecule has 2 aromatic heterocycles. The molecular formula is C19H30Cl2N6O. The van der Waals surface area contributed by atoms with Crippen molar-refractivity contribution in [3.8, 4) is 0 Å². The van der Waals surface area contributed by atoms with Crippen LogP contribution in [0.3, 0.4) is 0 Å². The first-order valence-electron chi connectivity index (χ1n) is 9.75. The van der Waals surface area contributed by atoms with E-state index in [1.165, 1.54) is 12.8 Å². The number of piperidine rings is 2. The smallest absolute Gasteiger partial charge is 0.244 e. The number of nitrogens with one attached hydrogen (secondary N) is 1. The third-order valence-electron chi connectivity index (χ3n) is 5.67. The normalized spacial score (nSPS) is 20.3. The van der Waals surface area contributed by atoms with Crippen molar-refractivity contribution >= 4 is 30.7 Å². The molecule has 1 atom stereocenters. The fourth-order valence-corrected chi connectivity index (χ4v) is 4.08. The zero-order valence-corrected chi connectivity index (χ0v) is 17.7. The molecule has 4 heterocycles. The van der Waals surface area contributed by atoms with Crippen LogP contribution in [0.2, 0.25) is 0 Å². The van der Waals surface area contributed by atoms with E-state index in [9.17, 15) is 4.79 Å². The molecular weight excluding hydrogens is 399 g/mol. The van der Waals surface area contributed by atoms with Gasteiger partial charge in [0.1, 0.15) is 6.54 Å². The van der Waals surface area contributed by atoms with Gasteiger partial charge in [-0.05, 0) is 44.2 Å². The number of aromatic nitrogens is 4. The minimum Gasteiger partial charge on any atom is -0.341 e. The highest BCUT2D eigenvalue weighted by Gasteiger charge is 2.24. The summed E-state index contributed by atoms with van der Waals surface area (Å²) in [6.07, 6.45) is 12.1. The van der Waals surface area contributed by atoms with Gasteiger partial charge in [-0.1, -0.05) is 0 Å². The molecule has 0 spiro atoms. The number of imidazole rings is 1. The van der Waals surface area contributed by atoms with Crippen LogP contribution in [0.4, 0.5) is 0 Å². The summed E-state index contributed by atoms with van der Waals surface area (Å²) in [4.78, 5) is 18.7. The van der Waals surface area contributed by atoms with Crippen molar-refractivity contribution in [2.24, 2.45) is 5.92 Å². The Labute approximate surface area is 178 Å². The summed E-state index contributed by atoms with van der Waals surface area (Å²) in [5.74, 6) is 1.30. The fourth-order valence-electron chi connectivity index (χ4n) is 4.08. The highest BCUT2D eigenvalue weighted by molar-refractivity contribution is 5.85. The molecule has 2 aliphatic heterocycles. The largest absolute Gasteiger partial charge is 0.341 e. The Morgan fingerprint density at radius 1 is 1.18 bits per heavy atom. The summed E-state index contributed by atoms with van der Waals surface area (Å²) in [6.45, 7) is 5.14. The molecule has 0 saturated carbocycles. The van der Waals surface area contributed by atoms with E-state index >= 15 is 0 Å². The first kappa shape index (κ1) is 22.7. The zero-order valence-electron chi connectivity index (χ0n) is 16.1. The van der Waals surface area contributed by atoms with Gasteiger partial charge in [-0.2, -0.15) is 5.10 Å². The lowest BCUT2D eigenvalue weighted by Gasteiger charge is -2.32. The second-order valence-corrected chi connectivity index (χ2v) is 7.57. The molecule has 0 radical (unpaired) electrons. The molecule has 2 saturated heterocycles. The fraction of sp³-hybridized carbons (Fsp3) is 0.632. The molecule has 28 heavy (non-hydrogen) atoms. The van der Waals surface area contributed by atoms with Crippen LogP contribution in [-0.2, 0) is 17.9 Å². The molecule has 1 amide bonds. The van der Waals surface area contributed by atoms with E-state index in [4.69, 9.17) is 0 Å². The Morgan fingerprint density at radius 3 is 2.68 bits per heavy atom. The van der Waals surface area contributed by atoms with Gasteiger partial charge in [0.05, 0.1) is 12.0 Å². The van der Waals surface area contributed by atoms with Crippen molar-refractivity contribution in [3.05, 3.63) is 36.7 Å². The maximum Gasteiger partial charge on any atom is 0.244 e. The predicted octanol–water partition coefficient (Wildman–Crippen LogP) is 2.33. The van der Waals surface area contributed by atoms with Gasteiger partial charge in [-0.15, -0.1) is 24.8 Å². The average molecular weight is 429 g/mol.